The number of aliphatic imine (C=N–C) groups is 1. The van der Waals surface area contributed by atoms with Crippen molar-refractivity contribution in [3.8, 4) is 0 Å². The summed E-state index contributed by atoms with van der Waals surface area (Å²) in [5, 5.41) is 6.44. The van der Waals surface area contributed by atoms with E-state index < -0.39 is 17.5 Å². The van der Waals surface area contributed by atoms with E-state index in [2.05, 4.69) is 40.8 Å². The van der Waals surface area contributed by atoms with Crippen LogP contribution in [0, 0.1) is 23.4 Å². The second-order valence-electron chi connectivity index (χ2n) is 6.59. The number of allylic oxidation sites excluding steroid dienone is 1. The lowest BCUT2D eigenvalue weighted by molar-refractivity contribution is 0.435. The zero-order valence-corrected chi connectivity index (χ0v) is 15.3. The minimum Gasteiger partial charge on any atom is -0.352 e. The molecule has 0 saturated carbocycles. The average Bonchev–Trinajstić information content (AvgIpc) is 2.70. The summed E-state index contributed by atoms with van der Waals surface area (Å²) in [6.45, 7) is 4.82. The molecule has 0 radical (unpaired) electrons. The molecule has 0 unspecified atom stereocenters. The fraction of sp³-hybridized carbons (Fsp3) is 0.286. The molecule has 2 atom stereocenters. The van der Waals surface area contributed by atoms with Gasteiger partial charge in [0, 0.05) is 12.5 Å². The van der Waals surface area contributed by atoms with Crippen LogP contribution in [0.5, 0.6) is 0 Å². The van der Waals surface area contributed by atoms with Crippen molar-refractivity contribution in [2.75, 3.05) is 6.54 Å². The van der Waals surface area contributed by atoms with Gasteiger partial charge >= 0.3 is 0 Å². The third kappa shape index (κ3) is 4.32. The average molecular weight is 373 g/mol. The van der Waals surface area contributed by atoms with Crippen LogP contribution in [-0.2, 0) is 6.54 Å². The largest absolute Gasteiger partial charge is 0.352 e. The summed E-state index contributed by atoms with van der Waals surface area (Å²) >= 11 is 0. The van der Waals surface area contributed by atoms with Gasteiger partial charge in [-0.15, -0.1) is 0 Å². The Bertz CT molecular complexity index is 839. The van der Waals surface area contributed by atoms with E-state index in [1.165, 1.54) is 5.57 Å². The first-order chi connectivity index (χ1) is 13.0. The van der Waals surface area contributed by atoms with Gasteiger partial charge in [-0.05, 0) is 37.1 Å². The maximum Gasteiger partial charge on any atom is 0.194 e. The van der Waals surface area contributed by atoms with E-state index in [0.29, 0.717) is 18.1 Å². The fourth-order valence-corrected chi connectivity index (χ4v) is 3.19. The highest BCUT2D eigenvalue weighted by atomic mass is 19.2. The molecule has 3 nitrogen and oxygen atoms in total. The summed E-state index contributed by atoms with van der Waals surface area (Å²) in [6, 6.07) is 12.1. The Kier molecular flexibility index (Phi) is 5.84. The lowest BCUT2D eigenvalue weighted by Crippen LogP contribution is -2.46. The monoisotopic (exact) mass is 373 g/mol. The number of hydrogen-bond acceptors (Lipinski definition) is 3. The topological polar surface area (TPSA) is 36.4 Å². The van der Waals surface area contributed by atoms with Crippen LogP contribution in [0.15, 0.2) is 59.1 Å². The summed E-state index contributed by atoms with van der Waals surface area (Å²) in [7, 11) is 0. The molecule has 27 heavy (non-hydrogen) atoms. The summed E-state index contributed by atoms with van der Waals surface area (Å²) in [5.41, 5.74) is 2.68. The molecule has 142 valence electrons. The number of benzene rings is 2. The Balaban J connectivity index is 1.76. The van der Waals surface area contributed by atoms with Crippen molar-refractivity contribution in [1.82, 2.24) is 10.6 Å². The van der Waals surface area contributed by atoms with Gasteiger partial charge in [-0.2, -0.15) is 0 Å². The van der Waals surface area contributed by atoms with E-state index in [1.54, 1.807) is 0 Å². The molecule has 2 N–H and O–H groups in total. The Morgan fingerprint density at radius 3 is 2.48 bits per heavy atom. The zero-order chi connectivity index (χ0) is 19.4. The van der Waals surface area contributed by atoms with Crippen LogP contribution < -0.4 is 10.6 Å². The number of nitrogens with zero attached hydrogens (tertiary/aromatic N) is 1. The minimum atomic E-state index is -1.46. The molecule has 6 heteroatoms. The molecule has 0 bridgehead atoms. The molecule has 0 aromatic heterocycles. The van der Waals surface area contributed by atoms with E-state index in [0.717, 1.165) is 17.7 Å². The molecule has 0 aliphatic carbocycles. The van der Waals surface area contributed by atoms with Crippen LogP contribution in [-0.4, -0.2) is 12.5 Å². The van der Waals surface area contributed by atoms with Crippen molar-refractivity contribution < 1.29 is 13.2 Å². The van der Waals surface area contributed by atoms with Crippen LogP contribution in [0.3, 0.4) is 0 Å². The summed E-state index contributed by atoms with van der Waals surface area (Å²) < 4.78 is 39.8. The lowest BCUT2D eigenvalue weighted by atomic mass is 9.86. The van der Waals surface area contributed by atoms with Gasteiger partial charge in [-0.25, -0.2) is 13.2 Å². The number of nitrogens with one attached hydrogen (secondary N) is 2. The molecule has 0 saturated heterocycles. The van der Waals surface area contributed by atoms with Gasteiger partial charge in [0.2, 0.25) is 0 Å². The number of halogens is 3. The highest BCUT2D eigenvalue weighted by Gasteiger charge is 2.28. The van der Waals surface area contributed by atoms with Gasteiger partial charge in [0.25, 0.3) is 0 Å². The van der Waals surface area contributed by atoms with Gasteiger partial charge in [0.05, 0.1) is 12.6 Å². The second kappa shape index (κ2) is 8.29. The molecule has 0 spiro atoms. The molecule has 0 fully saturated rings. The van der Waals surface area contributed by atoms with E-state index in [-0.39, 0.29) is 18.5 Å². The first kappa shape index (κ1) is 19.0. The third-order valence-electron chi connectivity index (χ3n) is 4.84. The Hall–Kier alpha value is -2.76. The van der Waals surface area contributed by atoms with Crippen molar-refractivity contribution >= 4 is 5.96 Å². The highest BCUT2D eigenvalue weighted by Crippen LogP contribution is 2.30. The smallest absolute Gasteiger partial charge is 0.194 e. The highest BCUT2D eigenvalue weighted by molar-refractivity contribution is 5.81. The summed E-state index contributed by atoms with van der Waals surface area (Å²) in [5.74, 6) is -3.09. The zero-order valence-electron chi connectivity index (χ0n) is 15.3. The van der Waals surface area contributed by atoms with Crippen LogP contribution in [0.4, 0.5) is 13.2 Å². The maximum absolute atomic E-state index is 13.4. The van der Waals surface area contributed by atoms with Crippen LogP contribution in [0.2, 0.25) is 0 Å². The van der Waals surface area contributed by atoms with Crippen molar-refractivity contribution in [3.05, 3.63) is 82.7 Å². The number of guanidine groups is 1. The fourth-order valence-electron chi connectivity index (χ4n) is 3.19. The lowest BCUT2D eigenvalue weighted by Gasteiger charge is -2.33. The molecule has 3 rings (SSSR count). The molecule has 1 heterocycles. The Labute approximate surface area is 157 Å². The Morgan fingerprint density at radius 1 is 1.19 bits per heavy atom. The van der Waals surface area contributed by atoms with Gasteiger partial charge in [-0.3, -0.25) is 4.99 Å². The van der Waals surface area contributed by atoms with Gasteiger partial charge in [-0.1, -0.05) is 42.0 Å². The first-order valence-corrected chi connectivity index (χ1v) is 8.85. The summed E-state index contributed by atoms with van der Waals surface area (Å²) in [6.07, 6.45) is 2.08. The normalized spacial score (nSPS) is 20.0. The quantitative estimate of drug-likeness (QED) is 0.613. The molecule has 1 aliphatic heterocycles. The van der Waals surface area contributed by atoms with E-state index in [1.807, 2.05) is 25.1 Å². The van der Waals surface area contributed by atoms with E-state index in [9.17, 15) is 13.2 Å². The molecule has 2 aromatic rings. The van der Waals surface area contributed by atoms with Gasteiger partial charge in [0.15, 0.2) is 23.4 Å². The maximum atomic E-state index is 13.4. The van der Waals surface area contributed by atoms with Gasteiger partial charge in [0.1, 0.15) is 0 Å². The first-order valence-electron chi connectivity index (χ1n) is 8.85. The predicted octanol–water partition coefficient (Wildman–Crippen LogP) is 4.48. The third-order valence-corrected chi connectivity index (χ3v) is 4.84. The second-order valence-corrected chi connectivity index (χ2v) is 6.59. The molecule has 0 amide bonds. The predicted molar refractivity (Wildman–Crippen MR) is 101 cm³/mol. The van der Waals surface area contributed by atoms with E-state index in [4.69, 9.17) is 0 Å². The van der Waals surface area contributed by atoms with Crippen molar-refractivity contribution in [3.63, 3.8) is 0 Å². The standard InChI is InChI=1S/C21H22F3N3/c1-3-13(2)16-12-26-21(27-20(16)15-7-5-4-6-8-15)25-11-14-9-17(22)19(24)18(23)10-14/h3-10,16,20H,11-12H2,1-2H3,(H2,25,26,27)/b13-3+/t16-,20+/m0/s1. The molecule has 1 aliphatic rings. The van der Waals surface area contributed by atoms with Crippen molar-refractivity contribution in [2.24, 2.45) is 10.9 Å². The van der Waals surface area contributed by atoms with Gasteiger partial charge < -0.3 is 10.6 Å². The van der Waals surface area contributed by atoms with E-state index >= 15 is 0 Å². The SMILES string of the molecule is C/C=C(\C)[C@@H]1CN=C(NCc2cc(F)c(F)c(F)c2)N[C@@H]1c1ccccc1. The molecular formula is C21H22F3N3. The minimum absolute atomic E-state index is 0.0316. The van der Waals surface area contributed by atoms with Crippen LogP contribution >= 0.6 is 0 Å². The Morgan fingerprint density at radius 2 is 1.85 bits per heavy atom. The van der Waals surface area contributed by atoms with Crippen molar-refractivity contribution in [2.45, 2.75) is 26.4 Å². The van der Waals surface area contributed by atoms with Crippen LogP contribution in [0.25, 0.3) is 0 Å². The molecule has 2 aromatic carbocycles. The number of hydrogen-bond donors (Lipinski definition) is 2. The number of rotatable bonds is 4. The van der Waals surface area contributed by atoms with Crippen LogP contribution in [0.1, 0.15) is 31.0 Å². The summed E-state index contributed by atoms with van der Waals surface area (Å²) in [4.78, 5) is 4.53. The molecular weight excluding hydrogens is 351 g/mol. The van der Waals surface area contributed by atoms with Crippen molar-refractivity contribution in [1.29, 1.82) is 0 Å².